The average molecular weight is 260 g/mol. The van der Waals surface area contributed by atoms with Gasteiger partial charge in [-0.15, -0.1) is 0 Å². The van der Waals surface area contributed by atoms with Gasteiger partial charge in [-0.1, -0.05) is 6.92 Å². The molecule has 14 heavy (non-hydrogen) atoms. The van der Waals surface area contributed by atoms with Crippen molar-refractivity contribution in [1.29, 1.82) is 0 Å². The second-order valence-electron chi connectivity index (χ2n) is 3.76. The number of halogens is 1. The van der Waals surface area contributed by atoms with Gasteiger partial charge in [0.2, 0.25) is 0 Å². The molecule has 2 N–H and O–H groups in total. The van der Waals surface area contributed by atoms with Crippen LogP contribution in [0.15, 0.2) is 15.6 Å². The number of rotatable bonds is 3. The summed E-state index contributed by atoms with van der Waals surface area (Å²) in [7, 11) is 0. The summed E-state index contributed by atoms with van der Waals surface area (Å²) in [5.41, 5.74) is -0.238. The average Bonchev–Trinajstić information content (AvgIpc) is 2.13. The lowest BCUT2D eigenvalue weighted by molar-refractivity contribution is 0.544. The molecule has 0 saturated carbocycles. The zero-order valence-electron chi connectivity index (χ0n) is 8.52. The fraction of sp³-hybridized carbons (Fsp3) is 0.556. The van der Waals surface area contributed by atoms with Crippen LogP contribution in [0.5, 0.6) is 0 Å². The van der Waals surface area contributed by atoms with Gasteiger partial charge in [0.05, 0.1) is 6.33 Å². The van der Waals surface area contributed by atoms with Crippen molar-refractivity contribution in [3.05, 3.63) is 21.2 Å². The Bertz CT molecular complexity index is 373. The smallest absolute Gasteiger partial charge is 0.267 e. The molecule has 1 heterocycles. The summed E-state index contributed by atoms with van der Waals surface area (Å²) >= 11 is 3.19. The zero-order valence-corrected chi connectivity index (χ0v) is 10.1. The normalized spacial score (nSPS) is 11.4. The van der Waals surface area contributed by atoms with Crippen LogP contribution in [0.25, 0.3) is 0 Å². The lowest BCUT2D eigenvalue weighted by Crippen LogP contribution is -2.31. The highest BCUT2D eigenvalue weighted by Crippen LogP contribution is 2.20. The second-order valence-corrected chi connectivity index (χ2v) is 4.55. The Morgan fingerprint density at radius 2 is 2.29 bits per heavy atom. The number of H-pyrrole nitrogens is 1. The molecule has 1 rings (SSSR count). The van der Waals surface area contributed by atoms with Crippen molar-refractivity contribution in [1.82, 2.24) is 9.97 Å². The van der Waals surface area contributed by atoms with E-state index in [0.29, 0.717) is 10.3 Å². The number of aromatic nitrogens is 2. The standard InChI is InChI=1S/C9H14BrN3O/c1-4-9(2,3)13-7-6(10)8(14)12-5-11-7/h5H,4H2,1-3H3,(H2,11,12,13,14). The van der Waals surface area contributed by atoms with Crippen LogP contribution in [0.4, 0.5) is 5.82 Å². The Hall–Kier alpha value is -0.840. The van der Waals surface area contributed by atoms with Gasteiger partial charge in [-0.05, 0) is 36.2 Å². The number of nitrogens with one attached hydrogen (secondary N) is 2. The molecule has 0 aromatic carbocycles. The van der Waals surface area contributed by atoms with Crippen LogP contribution in [0.3, 0.4) is 0 Å². The zero-order chi connectivity index (χ0) is 10.8. The van der Waals surface area contributed by atoms with E-state index in [9.17, 15) is 4.79 Å². The van der Waals surface area contributed by atoms with E-state index in [1.165, 1.54) is 6.33 Å². The molecule has 0 radical (unpaired) electrons. The van der Waals surface area contributed by atoms with Gasteiger partial charge < -0.3 is 10.3 Å². The lowest BCUT2D eigenvalue weighted by Gasteiger charge is -2.25. The maximum absolute atomic E-state index is 11.2. The minimum Gasteiger partial charge on any atom is -0.364 e. The van der Waals surface area contributed by atoms with Crippen molar-refractivity contribution >= 4 is 21.7 Å². The van der Waals surface area contributed by atoms with E-state index in [1.807, 2.05) is 0 Å². The predicted octanol–water partition coefficient (Wildman–Crippen LogP) is 2.13. The molecule has 0 aliphatic rings. The van der Waals surface area contributed by atoms with Crippen LogP contribution in [0.2, 0.25) is 0 Å². The van der Waals surface area contributed by atoms with Crippen LogP contribution in [0, 0.1) is 0 Å². The van der Waals surface area contributed by atoms with Gasteiger partial charge in [0.15, 0.2) is 0 Å². The fourth-order valence-electron chi connectivity index (χ4n) is 0.879. The van der Waals surface area contributed by atoms with Crippen LogP contribution in [-0.4, -0.2) is 15.5 Å². The highest BCUT2D eigenvalue weighted by molar-refractivity contribution is 9.10. The Balaban J connectivity index is 2.98. The molecule has 0 saturated heterocycles. The first kappa shape index (κ1) is 11.2. The molecule has 1 aromatic rings. The number of nitrogens with zero attached hydrogens (tertiary/aromatic N) is 1. The molecule has 0 aliphatic carbocycles. The molecule has 0 fully saturated rings. The van der Waals surface area contributed by atoms with Gasteiger partial charge >= 0.3 is 0 Å². The van der Waals surface area contributed by atoms with E-state index >= 15 is 0 Å². The van der Waals surface area contributed by atoms with Crippen molar-refractivity contribution < 1.29 is 0 Å². The maximum atomic E-state index is 11.2. The molecule has 0 aliphatic heterocycles. The molecule has 1 aromatic heterocycles. The van der Waals surface area contributed by atoms with Gasteiger partial charge in [-0.2, -0.15) is 0 Å². The molecule has 0 spiro atoms. The first-order valence-electron chi connectivity index (χ1n) is 4.47. The summed E-state index contributed by atoms with van der Waals surface area (Å²) in [6, 6.07) is 0. The highest BCUT2D eigenvalue weighted by Gasteiger charge is 2.17. The van der Waals surface area contributed by atoms with Crippen molar-refractivity contribution in [3.63, 3.8) is 0 Å². The quantitative estimate of drug-likeness (QED) is 0.875. The number of hydrogen-bond acceptors (Lipinski definition) is 3. The van der Waals surface area contributed by atoms with Crippen LogP contribution in [0.1, 0.15) is 27.2 Å². The summed E-state index contributed by atoms with van der Waals surface area (Å²) in [5, 5.41) is 3.20. The second kappa shape index (κ2) is 4.13. The summed E-state index contributed by atoms with van der Waals surface area (Å²) in [4.78, 5) is 17.8. The largest absolute Gasteiger partial charge is 0.364 e. The van der Waals surface area contributed by atoms with Crippen LogP contribution < -0.4 is 10.9 Å². The van der Waals surface area contributed by atoms with E-state index in [-0.39, 0.29) is 11.1 Å². The molecule has 5 heteroatoms. The Labute approximate surface area is 91.3 Å². The van der Waals surface area contributed by atoms with E-state index in [1.54, 1.807) is 0 Å². The summed E-state index contributed by atoms with van der Waals surface area (Å²) in [6.45, 7) is 6.19. The lowest BCUT2D eigenvalue weighted by atomic mass is 10.0. The van der Waals surface area contributed by atoms with Gasteiger partial charge in [0.1, 0.15) is 10.3 Å². The van der Waals surface area contributed by atoms with Crippen molar-refractivity contribution in [2.45, 2.75) is 32.7 Å². The van der Waals surface area contributed by atoms with Crippen LogP contribution in [-0.2, 0) is 0 Å². The number of anilines is 1. The Kier molecular flexibility index (Phi) is 3.31. The molecular weight excluding hydrogens is 246 g/mol. The molecule has 0 unspecified atom stereocenters. The fourth-order valence-corrected chi connectivity index (χ4v) is 1.20. The monoisotopic (exact) mass is 259 g/mol. The molecule has 4 nitrogen and oxygen atoms in total. The molecule has 0 bridgehead atoms. The third kappa shape index (κ3) is 2.57. The van der Waals surface area contributed by atoms with Crippen molar-refractivity contribution in [2.75, 3.05) is 5.32 Å². The van der Waals surface area contributed by atoms with Gasteiger partial charge in [-0.25, -0.2) is 4.98 Å². The number of hydrogen-bond donors (Lipinski definition) is 2. The Morgan fingerprint density at radius 1 is 1.64 bits per heavy atom. The van der Waals surface area contributed by atoms with Crippen molar-refractivity contribution in [3.8, 4) is 0 Å². The highest BCUT2D eigenvalue weighted by atomic mass is 79.9. The van der Waals surface area contributed by atoms with Gasteiger partial charge in [-0.3, -0.25) is 4.79 Å². The van der Waals surface area contributed by atoms with Crippen molar-refractivity contribution in [2.24, 2.45) is 0 Å². The molecular formula is C9H14BrN3O. The van der Waals surface area contributed by atoms with Gasteiger partial charge in [0, 0.05) is 5.54 Å². The van der Waals surface area contributed by atoms with Crippen LogP contribution >= 0.6 is 15.9 Å². The van der Waals surface area contributed by atoms with Gasteiger partial charge in [0.25, 0.3) is 5.56 Å². The SMILES string of the molecule is CCC(C)(C)Nc1nc[nH]c(=O)c1Br. The molecule has 0 atom stereocenters. The first-order valence-corrected chi connectivity index (χ1v) is 5.27. The minimum absolute atomic E-state index is 0.0662. The van der Waals surface area contributed by atoms with E-state index in [2.05, 4.69) is 52.0 Å². The Morgan fingerprint density at radius 3 is 2.86 bits per heavy atom. The summed E-state index contributed by atoms with van der Waals surface area (Å²) in [6.07, 6.45) is 2.34. The first-order chi connectivity index (χ1) is 6.46. The summed E-state index contributed by atoms with van der Waals surface area (Å²) < 4.78 is 0.446. The molecule has 0 amide bonds. The minimum atomic E-state index is -0.172. The maximum Gasteiger partial charge on any atom is 0.267 e. The van der Waals surface area contributed by atoms with E-state index in [0.717, 1.165) is 6.42 Å². The third-order valence-electron chi connectivity index (χ3n) is 2.14. The van der Waals surface area contributed by atoms with E-state index in [4.69, 9.17) is 0 Å². The number of aromatic amines is 1. The summed E-state index contributed by atoms with van der Waals surface area (Å²) in [5.74, 6) is 0.584. The van der Waals surface area contributed by atoms with E-state index < -0.39 is 0 Å². The topological polar surface area (TPSA) is 57.8 Å². The molecule has 78 valence electrons. The third-order valence-corrected chi connectivity index (χ3v) is 2.87. The predicted molar refractivity (Wildman–Crippen MR) is 60.6 cm³/mol.